The standard InChI is InChI=1S/C32H31F3N6O3S/c1-19(2)26-14-5-20(3)15-27(26)41-28(42)17-45-31(41)38-30(43)37-21(4)16-22-6-8-23(9-7-22)29-36-18-40(39-29)24-10-12-25(13-11-24)44-32(33,34)35/h5-15,18-19,21H,16-17H2,1-4H3,(H,37,43)/t21-/m0/s1. The molecule has 0 unspecified atom stereocenters. The molecule has 2 heterocycles. The molecule has 234 valence electrons. The number of nitrogens with one attached hydrogen (secondary N) is 1. The highest BCUT2D eigenvalue weighted by Gasteiger charge is 2.33. The molecule has 45 heavy (non-hydrogen) atoms. The average Bonchev–Trinajstić information content (AvgIpc) is 3.60. The van der Waals surface area contributed by atoms with Crippen LogP contribution in [0.2, 0.25) is 0 Å². The third-order valence-electron chi connectivity index (χ3n) is 6.96. The summed E-state index contributed by atoms with van der Waals surface area (Å²) in [4.78, 5) is 35.8. The van der Waals surface area contributed by atoms with E-state index in [2.05, 4.69) is 39.0 Å². The second kappa shape index (κ2) is 13.1. The van der Waals surface area contributed by atoms with Gasteiger partial charge in [-0.2, -0.15) is 4.99 Å². The summed E-state index contributed by atoms with van der Waals surface area (Å²) < 4.78 is 42.6. The number of aromatic nitrogens is 3. The molecule has 1 saturated heterocycles. The molecular formula is C32H31F3N6O3S. The number of alkyl halides is 3. The Balaban J connectivity index is 1.20. The SMILES string of the molecule is Cc1ccc(C(C)C)c(N2C(=O)CSC2=NC(=O)N[C@@H](C)Cc2ccc(-c3ncn(-c4ccc(OC(F)(F)F)cc4)n3)cc2)c1. The van der Waals surface area contributed by atoms with Crippen LogP contribution in [-0.2, 0) is 11.2 Å². The van der Waals surface area contributed by atoms with E-state index < -0.39 is 12.4 Å². The van der Waals surface area contributed by atoms with Gasteiger partial charge in [-0.3, -0.25) is 9.69 Å². The second-order valence-electron chi connectivity index (χ2n) is 10.9. The number of thioether (sulfide) groups is 1. The highest BCUT2D eigenvalue weighted by atomic mass is 32.2. The number of amides is 3. The van der Waals surface area contributed by atoms with Gasteiger partial charge in [0.15, 0.2) is 11.0 Å². The monoisotopic (exact) mass is 636 g/mol. The van der Waals surface area contributed by atoms with Crippen molar-refractivity contribution >= 4 is 34.6 Å². The zero-order valence-corrected chi connectivity index (χ0v) is 25.8. The molecule has 0 radical (unpaired) electrons. The average molecular weight is 637 g/mol. The number of carbonyl (C=O) groups excluding carboxylic acids is 2. The third-order valence-corrected chi connectivity index (χ3v) is 7.89. The number of hydrogen-bond acceptors (Lipinski definition) is 6. The van der Waals surface area contributed by atoms with Gasteiger partial charge in [0.05, 0.1) is 17.1 Å². The Morgan fingerprint density at radius 2 is 1.78 bits per heavy atom. The van der Waals surface area contributed by atoms with E-state index in [1.54, 1.807) is 4.90 Å². The predicted molar refractivity (Wildman–Crippen MR) is 168 cm³/mol. The number of halogens is 3. The molecule has 1 aromatic heterocycles. The fraction of sp³-hybridized carbons (Fsp3) is 0.281. The maximum absolute atomic E-state index is 12.9. The van der Waals surface area contributed by atoms with Crippen LogP contribution in [0.15, 0.2) is 78.0 Å². The van der Waals surface area contributed by atoms with Crippen LogP contribution in [0, 0.1) is 6.92 Å². The molecule has 13 heteroatoms. The number of urea groups is 1. The Morgan fingerprint density at radius 1 is 1.07 bits per heavy atom. The van der Waals surface area contributed by atoms with Crippen LogP contribution in [0.3, 0.4) is 0 Å². The van der Waals surface area contributed by atoms with Crippen LogP contribution < -0.4 is 15.0 Å². The number of nitrogens with zero attached hydrogens (tertiary/aromatic N) is 5. The van der Waals surface area contributed by atoms with Gasteiger partial charge in [-0.25, -0.2) is 14.5 Å². The van der Waals surface area contributed by atoms with Crippen molar-refractivity contribution in [3.05, 3.63) is 89.7 Å². The molecule has 9 nitrogen and oxygen atoms in total. The van der Waals surface area contributed by atoms with Gasteiger partial charge in [0.1, 0.15) is 12.1 Å². The summed E-state index contributed by atoms with van der Waals surface area (Å²) in [6.45, 7) is 7.96. The van der Waals surface area contributed by atoms with E-state index in [0.717, 1.165) is 27.9 Å². The maximum Gasteiger partial charge on any atom is 0.573 e. The van der Waals surface area contributed by atoms with Crippen molar-refractivity contribution in [1.29, 1.82) is 0 Å². The third kappa shape index (κ3) is 7.90. The first-order valence-electron chi connectivity index (χ1n) is 14.2. The van der Waals surface area contributed by atoms with Crippen LogP contribution in [0.5, 0.6) is 5.75 Å². The molecule has 1 aliphatic heterocycles. The second-order valence-corrected chi connectivity index (χ2v) is 11.9. The first kappa shape index (κ1) is 31.8. The minimum Gasteiger partial charge on any atom is -0.406 e. The van der Waals surface area contributed by atoms with Gasteiger partial charge in [-0.1, -0.05) is 62.0 Å². The first-order valence-corrected chi connectivity index (χ1v) is 15.2. The Kier molecular flexibility index (Phi) is 9.28. The van der Waals surface area contributed by atoms with E-state index in [1.165, 1.54) is 47.0 Å². The van der Waals surface area contributed by atoms with Gasteiger partial charge >= 0.3 is 12.4 Å². The highest BCUT2D eigenvalue weighted by Crippen LogP contribution is 2.34. The number of ether oxygens (including phenoxy) is 1. The predicted octanol–water partition coefficient (Wildman–Crippen LogP) is 7.04. The zero-order valence-electron chi connectivity index (χ0n) is 25.0. The number of anilines is 1. The first-order chi connectivity index (χ1) is 21.4. The van der Waals surface area contributed by atoms with Gasteiger partial charge in [0.25, 0.3) is 0 Å². The Hall–Kier alpha value is -4.65. The van der Waals surface area contributed by atoms with Crippen LogP contribution >= 0.6 is 11.8 Å². The summed E-state index contributed by atoms with van der Waals surface area (Å²) >= 11 is 1.25. The lowest BCUT2D eigenvalue weighted by molar-refractivity contribution is -0.274. The number of hydrogen-bond donors (Lipinski definition) is 1. The summed E-state index contributed by atoms with van der Waals surface area (Å²) in [5, 5.41) is 7.69. The lowest BCUT2D eigenvalue weighted by Crippen LogP contribution is -2.35. The summed E-state index contributed by atoms with van der Waals surface area (Å²) in [7, 11) is 0. The summed E-state index contributed by atoms with van der Waals surface area (Å²) in [5.41, 5.74) is 5.02. The van der Waals surface area contributed by atoms with Crippen molar-refractivity contribution in [2.75, 3.05) is 10.7 Å². The van der Waals surface area contributed by atoms with Crippen molar-refractivity contribution in [3.8, 4) is 22.8 Å². The van der Waals surface area contributed by atoms with E-state index in [9.17, 15) is 22.8 Å². The van der Waals surface area contributed by atoms with Crippen molar-refractivity contribution in [1.82, 2.24) is 20.1 Å². The molecule has 3 aromatic carbocycles. The molecule has 1 atom stereocenters. The van der Waals surface area contributed by atoms with Crippen LogP contribution in [-0.4, -0.2) is 50.0 Å². The number of rotatable bonds is 8. The van der Waals surface area contributed by atoms with E-state index in [0.29, 0.717) is 23.1 Å². The number of aliphatic imine (C=N–C) groups is 1. The molecule has 1 fully saturated rings. The lowest BCUT2D eigenvalue weighted by Gasteiger charge is -2.22. The van der Waals surface area contributed by atoms with Gasteiger partial charge in [0.2, 0.25) is 5.91 Å². The van der Waals surface area contributed by atoms with Gasteiger partial charge < -0.3 is 10.1 Å². The van der Waals surface area contributed by atoms with E-state index in [4.69, 9.17) is 0 Å². The van der Waals surface area contributed by atoms with Crippen LogP contribution in [0.25, 0.3) is 17.1 Å². The highest BCUT2D eigenvalue weighted by molar-refractivity contribution is 8.15. The minimum atomic E-state index is -4.76. The van der Waals surface area contributed by atoms with Gasteiger partial charge in [-0.15, -0.1) is 18.3 Å². The molecule has 1 N–H and O–H groups in total. The molecule has 4 aromatic rings. The topological polar surface area (TPSA) is 102 Å². The van der Waals surface area contributed by atoms with E-state index in [-0.39, 0.29) is 29.4 Å². The molecule has 5 rings (SSSR count). The van der Waals surface area contributed by atoms with Crippen LogP contribution in [0.1, 0.15) is 43.4 Å². The molecule has 3 amide bonds. The van der Waals surface area contributed by atoms with E-state index in [1.807, 2.05) is 56.3 Å². The van der Waals surface area contributed by atoms with Gasteiger partial charge in [0, 0.05) is 11.6 Å². The number of carbonyl (C=O) groups is 2. The van der Waals surface area contributed by atoms with Crippen LogP contribution in [0.4, 0.5) is 23.7 Å². The number of amidine groups is 1. The summed E-state index contributed by atoms with van der Waals surface area (Å²) in [6.07, 6.45) is -2.75. The molecule has 0 aliphatic carbocycles. The van der Waals surface area contributed by atoms with E-state index >= 15 is 0 Å². The summed E-state index contributed by atoms with van der Waals surface area (Å²) in [5.74, 6) is 0.415. The largest absolute Gasteiger partial charge is 0.573 e. The maximum atomic E-state index is 12.9. The Labute approximate surface area is 262 Å². The quantitative estimate of drug-likeness (QED) is 0.223. The number of benzene rings is 3. The van der Waals surface area contributed by atoms with Crippen molar-refractivity contribution in [2.24, 2.45) is 4.99 Å². The van der Waals surface area contributed by atoms with Gasteiger partial charge in [-0.05, 0) is 73.2 Å². The molecule has 0 bridgehead atoms. The number of aryl methyl sites for hydroxylation is 1. The molecule has 1 aliphatic rings. The molecule has 0 saturated carbocycles. The molecular weight excluding hydrogens is 605 g/mol. The Bertz CT molecular complexity index is 1720. The fourth-order valence-corrected chi connectivity index (χ4v) is 5.72. The molecule has 0 spiro atoms. The normalized spacial score (nSPS) is 15.2. The zero-order chi connectivity index (χ0) is 32.3. The fourth-order valence-electron chi connectivity index (χ4n) is 4.86. The van der Waals surface area contributed by atoms with Crippen molar-refractivity contribution < 1.29 is 27.5 Å². The van der Waals surface area contributed by atoms with Crippen molar-refractivity contribution in [3.63, 3.8) is 0 Å². The Morgan fingerprint density at radius 3 is 2.44 bits per heavy atom. The minimum absolute atomic E-state index is 0.111. The smallest absolute Gasteiger partial charge is 0.406 e. The van der Waals surface area contributed by atoms with Crippen molar-refractivity contribution in [2.45, 2.75) is 52.4 Å². The summed E-state index contributed by atoms with van der Waals surface area (Å²) in [6, 6.07) is 18.1. The lowest BCUT2D eigenvalue weighted by atomic mass is 9.99.